The van der Waals surface area contributed by atoms with Crippen LogP contribution in [0.5, 0.6) is 23.0 Å². The van der Waals surface area contributed by atoms with Crippen LogP contribution in [0.15, 0.2) is 224 Å². The summed E-state index contributed by atoms with van der Waals surface area (Å²) in [4.78, 5) is 2.50. The van der Waals surface area contributed by atoms with Gasteiger partial charge >= 0.3 is 0 Å². The molecule has 0 N–H and O–H groups in total. The van der Waals surface area contributed by atoms with Crippen LogP contribution < -0.4 is 14.4 Å². The van der Waals surface area contributed by atoms with Gasteiger partial charge in [-0.15, -0.1) is 0 Å². The van der Waals surface area contributed by atoms with Gasteiger partial charge in [-0.05, 0) is 104 Å². The molecule has 0 atom stereocenters. The lowest BCUT2D eigenvalue weighted by Gasteiger charge is -2.39. The highest BCUT2D eigenvalue weighted by Crippen LogP contribution is 2.66. The fourth-order valence-corrected chi connectivity index (χ4v) is 11.8. The molecule has 10 aromatic carbocycles. The monoisotopic (exact) mass is 803 g/mol. The molecule has 0 unspecified atom stereocenters. The second kappa shape index (κ2) is 12.7. The van der Waals surface area contributed by atoms with Crippen LogP contribution in [0.2, 0.25) is 0 Å². The van der Waals surface area contributed by atoms with Crippen LogP contribution in [0, 0.1) is 0 Å². The zero-order valence-electron chi connectivity index (χ0n) is 34.1. The summed E-state index contributed by atoms with van der Waals surface area (Å²) in [7, 11) is 0. The molecule has 294 valence electrons. The summed E-state index contributed by atoms with van der Waals surface area (Å²) in [5.74, 6) is 3.56. The summed E-state index contributed by atoms with van der Waals surface area (Å²) in [5, 5.41) is 2.40. The molecule has 3 heteroatoms. The van der Waals surface area contributed by atoms with E-state index in [-0.39, 0.29) is 0 Å². The van der Waals surface area contributed by atoms with Crippen LogP contribution >= 0.6 is 0 Å². The van der Waals surface area contributed by atoms with E-state index in [0.29, 0.717) is 0 Å². The van der Waals surface area contributed by atoms with Crippen molar-refractivity contribution in [2.75, 3.05) is 4.90 Å². The van der Waals surface area contributed by atoms with Crippen molar-refractivity contribution >= 4 is 27.8 Å². The van der Waals surface area contributed by atoms with E-state index >= 15 is 0 Å². The lowest BCUT2D eigenvalue weighted by atomic mass is 9.66. The van der Waals surface area contributed by atoms with Crippen LogP contribution in [0.4, 0.5) is 17.1 Å². The first-order valence-electron chi connectivity index (χ1n) is 21.7. The van der Waals surface area contributed by atoms with Crippen molar-refractivity contribution in [1.82, 2.24) is 0 Å². The highest BCUT2D eigenvalue weighted by molar-refractivity contribution is 6.00. The average molecular weight is 804 g/mol. The minimum Gasteiger partial charge on any atom is -0.457 e. The Morgan fingerprint density at radius 2 is 0.714 bits per heavy atom. The smallest absolute Gasteiger partial charge is 0.132 e. The van der Waals surface area contributed by atoms with Crippen molar-refractivity contribution in [2.24, 2.45) is 0 Å². The van der Waals surface area contributed by atoms with Crippen LogP contribution in [0.1, 0.15) is 44.5 Å². The maximum Gasteiger partial charge on any atom is 0.132 e. The van der Waals surface area contributed by atoms with E-state index in [2.05, 4.69) is 229 Å². The third kappa shape index (κ3) is 4.43. The molecule has 3 nitrogen and oxygen atoms in total. The highest BCUT2D eigenvalue weighted by atomic mass is 16.5. The number of hydrogen-bond acceptors (Lipinski definition) is 3. The summed E-state index contributed by atoms with van der Waals surface area (Å²) in [5.41, 5.74) is 16.7. The van der Waals surface area contributed by atoms with Gasteiger partial charge in [0.1, 0.15) is 23.0 Å². The summed E-state index contributed by atoms with van der Waals surface area (Å²) < 4.78 is 13.3. The molecule has 0 saturated carbocycles. The Labute approximate surface area is 365 Å². The summed E-state index contributed by atoms with van der Waals surface area (Å²) in [6.07, 6.45) is 0. The van der Waals surface area contributed by atoms with Crippen molar-refractivity contribution in [3.63, 3.8) is 0 Å². The number of nitrogens with zero attached hydrogens (tertiary/aromatic N) is 1. The predicted octanol–water partition coefficient (Wildman–Crippen LogP) is 15.2. The maximum atomic E-state index is 6.70. The van der Waals surface area contributed by atoms with E-state index < -0.39 is 10.8 Å². The maximum absolute atomic E-state index is 6.70. The van der Waals surface area contributed by atoms with Gasteiger partial charge in [0.2, 0.25) is 0 Å². The number of ether oxygens (including phenoxy) is 2. The largest absolute Gasteiger partial charge is 0.457 e. The van der Waals surface area contributed by atoms with Crippen LogP contribution in [-0.2, 0) is 10.8 Å². The molecule has 0 saturated heterocycles. The van der Waals surface area contributed by atoms with Gasteiger partial charge in [-0.1, -0.05) is 170 Å². The molecule has 0 fully saturated rings. The van der Waals surface area contributed by atoms with Gasteiger partial charge in [0, 0.05) is 39.2 Å². The van der Waals surface area contributed by atoms with Gasteiger partial charge in [0.15, 0.2) is 0 Å². The first kappa shape index (κ1) is 34.6. The van der Waals surface area contributed by atoms with Crippen molar-refractivity contribution in [2.45, 2.75) is 10.8 Å². The molecule has 2 spiro atoms. The molecule has 4 aliphatic rings. The zero-order chi connectivity index (χ0) is 41.3. The summed E-state index contributed by atoms with van der Waals surface area (Å²) in [6, 6.07) is 82.0. The Hall–Kier alpha value is -8.14. The van der Waals surface area contributed by atoms with Crippen molar-refractivity contribution in [3.05, 3.63) is 269 Å². The van der Waals surface area contributed by atoms with E-state index in [9.17, 15) is 0 Å². The molecule has 0 radical (unpaired) electrons. The SMILES string of the molecule is c1ccc2c(c1)Oc1ccccc1C21c2ccccc2-c2cc(N(c3ccc4ccccc4c3)c3cccc4c3-c3ccccc3C43c4ccccc4Oc4ccccc43)ccc21. The molecule has 63 heavy (non-hydrogen) atoms. The van der Waals surface area contributed by atoms with E-state index in [4.69, 9.17) is 9.47 Å². The minimum absolute atomic E-state index is 0.549. The zero-order valence-corrected chi connectivity index (χ0v) is 34.1. The second-order valence-corrected chi connectivity index (χ2v) is 17.1. The molecule has 0 bridgehead atoms. The van der Waals surface area contributed by atoms with Gasteiger partial charge in [-0.3, -0.25) is 0 Å². The van der Waals surface area contributed by atoms with Crippen molar-refractivity contribution in [3.8, 4) is 45.3 Å². The number of fused-ring (bicyclic) bond motifs is 19. The molecule has 10 aromatic rings. The molecular formula is C60H37NO2. The first-order chi connectivity index (χ1) is 31.2. The fraction of sp³-hybridized carbons (Fsp3) is 0.0333. The van der Waals surface area contributed by atoms with Crippen LogP contribution in [0.3, 0.4) is 0 Å². The van der Waals surface area contributed by atoms with Gasteiger partial charge in [-0.25, -0.2) is 0 Å². The van der Waals surface area contributed by atoms with Gasteiger partial charge in [0.25, 0.3) is 0 Å². The topological polar surface area (TPSA) is 21.7 Å². The molecule has 2 aliphatic heterocycles. The highest BCUT2D eigenvalue weighted by Gasteiger charge is 2.53. The Bertz CT molecular complexity index is 3470. The number of rotatable bonds is 3. The lowest BCUT2D eigenvalue weighted by molar-refractivity contribution is 0.436. The Morgan fingerprint density at radius 3 is 1.33 bits per heavy atom. The average Bonchev–Trinajstić information content (AvgIpc) is 3.80. The molecule has 2 heterocycles. The normalized spacial score (nSPS) is 14.5. The number of hydrogen-bond donors (Lipinski definition) is 0. The first-order valence-corrected chi connectivity index (χ1v) is 21.7. The standard InChI is InChI=1S/C60H37NO2/c1-2-17-39-36-40(33-32-38(39)16-1)61(41-34-35-47-44(37-41)42-18-3-5-20-45(42)59(47)48-22-7-11-28-54(48)62-55-29-12-8-23-49(55)59)53-27-15-26-52-58(53)43-19-4-6-21-46(43)60(52)50-24-9-13-30-56(50)63-57-31-14-10-25-51(57)60/h1-37H. The minimum atomic E-state index is -0.588. The molecule has 0 amide bonds. The van der Waals surface area contributed by atoms with Gasteiger partial charge in [-0.2, -0.15) is 0 Å². The van der Waals surface area contributed by atoms with Crippen LogP contribution in [0.25, 0.3) is 33.0 Å². The lowest BCUT2D eigenvalue weighted by Crippen LogP contribution is -2.32. The van der Waals surface area contributed by atoms with E-state index in [1.807, 2.05) is 0 Å². The van der Waals surface area contributed by atoms with Crippen LogP contribution in [-0.4, -0.2) is 0 Å². The Balaban J connectivity index is 1.07. The fourth-order valence-electron chi connectivity index (χ4n) is 11.8. The quantitative estimate of drug-likeness (QED) is 0.178. The number of anilines is 3. The predicted molar refractivity (Wildman–Crippen MR) is 253 cm³/mol. The van der Waals surface area contributed by atoms with Gasteiger partial charge in [0.05, 0.1) is 16.5 Å². The van der Waals surface area contributed by atoms with E-state index in [0.717, 1.165) is 62.3 Å². The molecule has 2 aliphatic carbocycles. The summed E-state index contributed by atoms with van der Waals surface area (Å²) >= 11 is 0. The van der Waals surface area contributed by atoms with E-state index in [1.165, 1.54) is 55.3 Å². The second-order valence-electron chi connectivity index (χ2n) is 17.1. The molecule has 0 aromatic heterocycles. The Kier molecular flexibility index (Phi) is 6.97. The third-order valence-electron chi connectivity index (χ3n) is 14.2. The van der Waals surface area contributed by atoms with E-state index in [1.54, 1.807) is 0 Å². The molecule has 14 rings (SSSR count). The van der Waals surface area contributed by atoms with Gasteiger partial charge < -0.3 is 14.4 Å². The number of para-hydroxylation sites is 4. The summed E-state index contributed by atoms with van der Waals surface area (Å²) in [6.45, 7) is 0. The molecular weight excluding hydrogens is 767 g/mol. The Morgan fingerprint density at radius 1 is 0.286 bits per heavy atom. The number of benzene rings is 10. The van der Waals surface area contributed by atoms with Crippen molar-refractivity contribution in [1.29, 1.82) is 0 Å². The van der Waals surface area contributed by atoms with Crippen molar-refractivity contribution < 1.29 is 9.47 Å². The third-order valence-corrected chi connectivity index (χ3v) is 14.2.